The number of ether oxygens (including phenoxy) is 1. The number of hydrogen-bond acceptors (Lipinski definition) is 5. The fourth-order valence-electron chi connectivity index (χ4n) is 6.63. The van der Waals surface area contributed by atoms with Crippen molar-refractivity contribution >= 4 is 23.6 Å². The molecule has 1 aromatic carbocycles. The topological polar surface area (TPSA) is 114 Å². The average Bonchev–Trinajstić information content (AvgIpc) is 2.94. The molecule has 12 heteroatoms. The van der Waals surface area contributed by atoms with E-state index < -0.39 is 48.5 Å². The van der Waals surface area contributed by atoms with Crippen LogP contribution in [0.4, 0.5) is 28.0 Å². The highest BCUT2D eigenvalue weighted by atomic mass is 19.3. The number of hydrogen-bond donors (Lipinski definition) is 3. The van der Waals surface area contributed by atoms with Gasteiger partial charge in [-0.05, 0) is 56.1 Å². The number of alkyl halides is 3. The van der Waals surface area contributed by atoms with Gasteiger partial charge < -0.3 is 26.0 Å². The molecule has 236 valence electrons. The molecule has 0 radical (unpaired) electrons. The lowest BCUT2D eigenvalue weighted by Crippen LogP contribution is -2.46. The maximum atomic E-state index is 15.5. The highest BCUT2D eigenvalue weighted by Crippen LogP contribution is 2.43. The minimum atomic E-state index is -3.40. The summed E-state index contributed by atoms with van der Waals surface area (Å²) in [6.07, 6.45) is 1.41. The minimum Gasteiger partial charge on any atom is -0.436 e. The zero-order valence-corrected chi connectivity index (χ0v) is 24.6. The van der Waals surface area contributed by atoms with E-state index >= 15 is 4.39 Å². The smallest absolute Gasteiger partial charge is 0.405 e. The summed E-state index contributed by atoms with van der Waals surface area (Å²) in [4.78, 5) is 40.0. The van der Waals surface area contributed by atoms with Crippen LogP contribution in [0.1, 0.15) is 88.2 Å². The Hall–Kier alpha value is -2.89. The summed E-state index contributed by atoms with van der Waals surface area (Å²) in [7, 11) is 3.47. The van der Waals surface area contributed by atoms with Crippen molar-refractivity contribution < 1.29 is 36.7 Å². The number of halogens is 4. The average molecular weight is 601 g/mol. The van der Waals surface area contributed by atoms with Crippen molar-refractivity contribution in [3.8, 4) is 0 Å². The summed E-state index contributed by atoms with van der Waals surface area (Å²) < 4.78 is 59.8. The predicted molar refractivity (Wildman–Crippen MR) is 151 cm³/mol. The van der Waals surface area contributed by atoms with Crippen molar-refractivity contribution in [3.63, 3.8) is 0 Å². The maximum Gasteiger partial charge on any atom is 0.405 e. The Labute approximate surface area is 245 Å². The third-order valence-corrected chi connectivity index (χ3v) is 8.57. The molecule has 3 unspecified atom stereocenters. The molecule has 4 N–H and O–H groups in total. The molecule has 0 saturated heterocycles. The van der Waals surface area contributed by atoms with Crippen LogP contribution in [0.25, 0.3) is 0 Å². The maximum absolute atomic E-state index is 15.5. The summed E-state index contributed by atoms with van der Waals surface area (Å²) >= 11 is 0. The van der Waals surface area contributed by atoms with Crippen molar-refractivity contribution in [2.45, 2.75) is 102 Å². The second-order valence-corrected chi connectivity index (χ2v) is 12.0. The first-order chi connectivity index (χ1) is 19.9. The summed E-state index contributed by atoms with van der Waals surface area (Å²) in [5, 5.41) is 4.22. The summed E-state index contributed by atoms with van der Waals surface area (Å²) in [5.74, 6) is -3.67. The lowest BCUT2D eigenvalue weighted by molar-refractivity contribution is -0.130. The van der Waals surface area contributed by atoms with E-state index in [1.54, 1.807) is 24.3 Å². The summed E-state index contributed by atoms with van der Waals surface area (Å²) in [6, 6.07) is 2.40. The number of amides is 3. The van der Waals surface area contributed by atoms with Crippen LogP contribution in [-0.4, -0.2) is 55.7 Å². The van der Waals surface area contributed by atoms with Crippen LogP contribution in [0.3, 0.4) is 0 Å². The van der Waals surface area contributed by atoms with Crippen LogP contribution in [0.15, 0.2) is 12.1 Å². The number of nitrogens with one attached hydrogen (secondary N) is 2. The van der Waals surface area contributed by atoms with E-state index in [0.717, 1.165) is 70.3 Å². The lowest BCUT2D eigenvalue weighted by atomic mass is 9.67. The van der Waals surface area contributed by atoms with Crippen molar-refractivity contribution in [1.29, 1.82) is 0 Å². The normalized spacial score (nSPS) is 19.0. The molecule has 1 aromatic rings. The number of rotatable bonds is 12. The number of nitrogens with zero attached hydrogens (tertiary/aromatic N) is 1. The monoisotopic (exact) mass is 600 g/mol. The second-order valence-electron chi connectivity index (χ2n) is 12.0. The van der Waals surface area contributed by atoms with Crippen molar-refractivity contribution in [3.05, 3.63) is 29.1 Å². The van der Waals surface area contributed by atoms with Gasteiger partial charge in [0.1, 0.15) is 5.82 Å². The van der Waals surface area contributed by atoms with E-state index in [0.29, 0.717) is 5.56 Å². The first-order valence-corrected chi connectivity index (χ1v) is 14.9. The molecule has 0 spiro atoms. The Morgan fingerprint density at radius 2 is 1.50 bits per heavy atom. The third kappa shape index (κ3) is 9.05. The summed E-state index contributed by atoms with van der Waals surface area (Å²) in [6.45, 7) is 1.56. The molecule has 2 saturated carbocycles. The lowest BCUT2D eigenvalue weighted by Gasteiger charge is -2.41. The number of primary amides is 1. The standard InChI is InChI=1S/C30H44F4N4O4/c1-17(28(39)37-27(34)26(32)33)21-15-22(31)23(14-20(21)16-38(2)3)36-29(40)25(42-30(35)41)24(18-10-6-4-7-11-18)19-12-8-5-9-13-19/h14-15,17-19,24-27H,4-13,16H2,1-3H3,(H2,35,41)(H,36,40)(H,37,39). The molecule has 3 amide bonds. The van der Waals surface area contributed by atoms with Gasteiger partial charge in [-0.3, -0.25) is 9.59 Å². The van der Waals surface area contributed by atoms with Gasteiger partial charge in [0.05, 0.1) is 11.6 Å². The largest absolute Gasteiger partial charge is 0.436 e. The van der Waals surface area contributed by atoms with Crippen molar-refractivity contribution in [1.82, 2.24) is 10.2 Å². The van der Waals surface area contributed by atoms with E-state index in [1.807, 2.05) is 0 Å². The van der Waals surface area contributed by atoms with Gasteiger partial charge in [-0.1, -0.05) is 64.2 Å². The number of benzene rings is 1. The van der Waals surface area contributed by atoms with Crippen LogP contribution in [-0.2, 0) is 20.9 Å². The Morgan fingerprint density at radius 1 is 0.952 bits per heavy atom. The quantitative estimate of drug-likeness (QED) is 0.206. The van der Waals surface area contributed by atoms with Crippen LogP contribution in [0, 0.1) is 23.6 Å². The van der Waals surface area contributed by atoms with Gasteiger partial charge in [0, 0.05) is 12.5 Å². The van der Waals surface area contributed by atoms with Gasteiger partial charge in [-0.25, -0.2) is 22.4 Å². The number of carbonyl (C=O) groups excluding carboxylic acids is 3. The summed E-state index contributed by atoms with van der Waals surface area (Å²) in [5.41, 5.74) is 5.83. The van der Waals surface area contributed by atoms with E-state index in [-0.39, 0.29) is 35.5 Å². The zero-order chi connectivity index (χ0) is 31.0. The SMILES string of the molecule is CC(C(=O)NC(F)C(F)F)c1cc(F)c(NC(=O)C(OC(N)=O)C(C2CCCCC2)C2CCCCC2)cc1CN(C)C. The highest BCUT2D eigenvalue weighted by molar-refractivity contribution is 5.96. The first kappa shape index (κ1) is 33.6. The Balaban J connectivity index is 1.93. The van der Waals surface area contributed by atoms with E-state index in [9.17, 15) is 27.6 Å². The van der Waals surface area contributed by atoms with Crippen LogP contribution in [0.5, 0.6) is 0 Å². The fraction of sp³-hybridized carbons (Fsp3) is 0.700. The molecule has 2 aliphatic rings. The predicted octanol–water partition coefficient (Wildman–Crippen LogP) is 5.85. The molecule has 0 bridgehead atoms. The first-order valence-electron chi connectivity index (χ1n) is 14.9. The van der Waals surface area contributed by atoms with Gasteiger partial charge in [0.15, 0.2) is 6.10 Å². The third-order valence-electron chi connectivity index (χ3n) is 8.57. The molecule has 8 nitrogen and oxygen atoms in total. The Bertz CT molecular complexity index is 1060. The molecule has 3 rings (SSSR count). The second kappa shape index (κ2) is 15.5. The minimum absolute atomic E-state index is 0.158. The molecular weight excluding hydrogens is 556 g/mol. The van der Waals surface area contributed by atoms with Crippen LogP contribution in [0.2, 0.25) is 0 Å². The number of carbonyl (C=O) groups is 3. The van der Waals surface area contributed by atoms with Gasteiger partial charge >= 0.3 is 6.09 Å². The highest BCUT2D eigenvalue weighted by Gasteiger charge is 2.42. The molecule has 0 aliphatic heterocycles. The van der Waals surface area contributed by atoms with Crippen molar-refractivity contribution in [2.24, 2.45) is 23.5 Å². The number of anilines is 1. The van der Waals surface area contributed by atoms with Crippen molar-refractivity contribution in [2.75, 3.05) is 19.4 Å². The fourth-order valence-corrected chi connectivity index (χ4v) is 6.63. The molecule has 0 heterocycles. The van der Waals surface area contributed by atoms with E-state index in [2.05, 4.69) is 5.32 Å². The molecule has 3 atom stereocenters. The van der Waals surface area contributed by atoms with Gasteiger partial charge in [0.2, 0.25) is 12.2 Å². The Morgan fingerprint density at radius 3 is 1.98 bits per heavy atom. The molecule has 42 heavy (non-hydrogen) atoms. The van der Waals surface area contributed by atoms with E-state index in [1.165, 1.54) is 13.0 Å². The van der Waals surface area contributed by atoms with Gasteiger partial charge in [-0.15, -0.1) is 0 Å². The van der Waals surface area contributed by atoms with Gasteiger partial charge in [-0.2, -0.15) is 0 Å². The van der Waals surface area contributed by atoms with Crippen LogP contribution >= 0.6 is 0 Å². The molecule has 2 aliphatic carbocycles. The number of nitrogens with two attached hydrogens (primary N) is 1. The zero-order valence-electron chi connectivity index (χ0n) is 24.6. The Kier molecular flexibility index (Phi) is 12.4. The van der Waals surface area contributed by atoms with Crippen LogP contribution < -0.4 is 16.4 Å². The van der Waals surface area contributed by atoms with Gasteiger partial charge in [0.25, 0.3) is 12.3 Å². The molecular formula is C30H44F4N4O4. The van der Waals surface area contributed by atoms with E-state index in [4.69, 9.17) is 10.5 Å². The molecule has 0 aromatic heterocycles. The molecule has 2 fully saturated rings.